The lowest BCUT2D eigenvalue weighted by Gasteiger charge is -2.38. The average Bonchev–Trinajstić information content (AvgIpc) is 2.53. The van der Waals surface area contributed by atoms with Crippen molar-refractivity contribution in [3.8, 4) is 0 Å². The minimum absolute atomic E-state index is 0.470. The summed E-state index contributed by atoms with van der Waals surface area (Å²) in [5.41, 5.74) is 1.39. The number of hydrogen-bond acceptors (Lipinski definition) is 4. The molecule has 2 unspecified atom stereocenters. The van der Waals surface area contributed by atoms with E-state index < -0.39 is 0 Å². The minimum atomic E-state index is 0.470. The van der Waals surface area contributed by atoms with Crippen LogP contribution in [0.2, 0.25) is 0 Å². The third-order valence-corrected chi connectivity index (χ3v) is 4.62. The quantitative estimate of drug-likeness (QED) is 0.902. The Labute approximate surface area is 140 Å². The number of benzene rings is 1. The molecule has 5 heteroatoms. The fraction of sp³-hybridized carbons (Fsp3) is 0.412. The molecule has 1 fully saturated rings. The van der Waals surface area contributed by atoms with Crippen LogP contribution in [-0.4, -0.2) is 33.5 Å². The van der Waals surface area contributed by atoms with Crippen molar-refractivity contribution in [2.75, 3.05) is 11.9 Å². The molecule has 3 rings (SSSR count). The molecule has 2 atom stereocenters. The van der Waals surface area contributed by atoms with Gasteiger partial charge in [-0.1, -0.05) is 30.3 Å². The number of nitrogens with one attached hydrogen (secondary N) is 1. The number of hydrogen-bond donors (Lipinski definition) is 1. The standard InChI is InChI=1S/C17H21BrN4/c1-13-9-15(21-17-11-19-16(18)10-20-17)7-8-22(13)12-14-5-3-2-4-6-14/h2-6,10-11,13,15H,7-9,12H2,1H3,(H,20,21). The molecule has 0 saturated carbocycles. The molecule has 1 N–H and O–H groups in total. The van der Waals surface area contributed by atoms with Crippen LogP contribution in [0.15, 0.2) is 47.3 Å². The Kier molecular flexibility index (Phi) is 5.05. The van der Waals surface area contributed by atoms with Crippen molar-refractivity contribution in [1.29, 1.82) is 0 Å². The van der Waals surface area contributed by atoms with Gasteiger partial charge in [0, 0.05) is 25.2 Å². The molecule has 1 aliphatic rings. The SMILES string of the molecule is CC1CC(Nc2cnc(Br)cn2)CCN1Cc1ccccc1. The third kappa shape index (κ3) is 4.05. The molecule has 2 aromatic rings. The highest BCUT2D eigenvalue weighted by atomic mass is 79.9. The zero-order valence-electron chi connectivity index (χ0n) is 12.7. The fourth-order valence-electron chi connectivity index (χ4n) is 3.00. The van der Waals surface area contributed by atoms with Crippen LogP contribution in [0.3, 0.4) is 0 Å². The summed E-state index contributed by atoms with van der Waals surface area (Å²) in [5, 5.41) is 3.50. The van der Waals surface area contributed by atoms with Crippen molar-refractivity contribution < 1.29 is 0 Å². The Morgan fingerprint density at radius 2 is 2.05 bits per heavy atom. The summed E-state index contributed by atoms with van der Waals surface area (Å²) in [6, 6.07) is 11.7. The zero-order valence-corrected chi connectivity index (χ0v) is 14.3. The number of likely N-dealkylation sites (tertiary alicyclic amines) is 1. The molecule has 0 amide bonds. The second kappa shape index (κ2) is 7.20. The topological polar surface area (TPSA) is 41.1 Å². The van der Waals surface area contributed by atoms with Gasteiger partial charge in [-0.05, 0) is 41.3 Å². The Bertz CT molecular complexity index is 587. The number of anilines is 1. The molecular formula is C17H21BrN4. The maximum absolute atomic E-state index is 4.35. The Morgan fingerprint density at radius 3 is 2.73 bits per heavy atom. The Morgan fingerprint density at radius 1 is 1.23 bits per heavy atom. The van der Waals surface area contributed by atoms with E-state index in [0.29, 0.717) is 12.1 Å². The van der Waals surface area contributed by atoms with Gasteiger partial charge in [-0.2, -0.15) is 0 Å². The maximum Gasteiger partial charge on any atom is 0.144 e. The van der Waals surface area contributed by atoms with Crippen LogP contribution >= 0.6 is 15.9 Å². The van der Waals surface area contributed by atoms with E-state index in [1.54, 1.807) is 12.4 Å². The lowest BCUT2D eigenvalue weighted by atomic mass is 9.97. The lowest BCUT2D eigenvalue weighted by molar-refractivity contribution is 0.144. The normalized spacial score (nSPS) is 22.5. The van der Waals surface area contributed by atoms with Crippen LogP contribution < -0.4 is 5.32 Å². The third-order valence-electron chi connectivity index (χ3n) is 4.21. The van der Waals surface area contributed by atoms with E-state index >= 15 is 0 Å². The fourth-order valence-corrected chi connectivity index (χ4v) is 3.21. The number of aromatic nitrogens is 2. The highest BCUT2D eigenvalue weighted by molar-refractivity contribution is 9.10. The van der Waals surface area contributed by atoms with Crippen LogP contribution in [0, 0.1) is 0 Å². The van der Waals surface area contributed by atoms with Gasteiger partial charge in [-0.25, -0.2) is 9.97 Å². The van der Waals surface area contributed by atoms with Crippen molar-refractivity contribution >= 4 is 21.7 Å². The van der Waals surface area contributed by atoms with Crippen LogP contribution in [0.25, 0.3) is 0 Å². The molecule has 1 saturated heterocycles. The number of halogens is 1. The maximum atomic E-state index is 4.35. The van der Waals surface area contributed by atoms with Gasteiger partial charge in [0.1, 0.15) is 10.4 Å². The van der Waals surface area contributed by atoms with Crippen LogP contribution in [0.1, 0.15) is 25.3 Å². The molecule has 22 heavy (non-hydrogen) atoms. The van der Waals surface area contributed by atoms with Gasteiger partial charge in [-0.15, -0.1) is 0 Å². The van der Waals surface area contributed by atoms with Gasteiger partial charge in [0.2, 0.25) is 0 Å². The van der Waals surface area contributed by atoms with Gasteiger partial charge in [0.15, 0.2) is 0 Å². The van der Waals surface area contributed by atoms with Gasteiger partial charge in [-0.3, -0.25) is 4.90 Å². The van der Waals surface area contributed by atoms with E-state index in [-0.39, 0.29) is 0 Å². The van der Waals surface area contributed by atoms with E-state index in [9.17, 15) is 0 Å². The molecule has 0 spiro atoms. The first kappa shape index (κ1) is 15.4. The molecular weight excluding hydrogens is 340 g/mol. The first-order valence-electron chi connectivity index (χ1n) is 7.73. The van der Waals surface area contributed by atoms with Crippen LogP contribution in [-0.2, 0) is 6.54 Å². The number of piperidine rings is 1. The summed E-state index contributed by atoms with van der Waals surface area (Å²) in [5.74, 6) is 0.858. The summed E-state index contributed by atoms with van der Waals surface area (Å²) in [4.78, 5) is 11.1. The molecule has 0 radical (unpaired) electrons. The van der Waals surface area contributed by atoms with Crippen molar-refractivity contribution in [1.82, 2.24) is 14.9 Å². The number of rotatable bonds is 4. The predicted molar refractivity (Wildman–Crippen MR) is 92.7 cm³/mol. The first-order chi connectivity index (χ1) is 10.7. The van der Waals surface area contributed by atoms with E-state index in [0.717, 1.165) is 36.4 Å². The molecule has 1 aromatic carbocycles. The van der Waals surface area contributed by atoms with E-state index in [1.807, 2.05) is 0 Å². The van der Waals surface area contributed by atoms with E-state index in [1.165, 1.54) is 5.56 Å². The van der Waals surface area contributed by atoms with Crippen molar-refractivity contribution in [3.05, 3.63) is 52.9 Å². The summed E-state index contributed by atoms with van der Waals surface area (Å²) in [7, 11) is 0. The zero-order chi connectivity index (χ0) is 15.4. The second-order valence-corrected chi connectivity index (χ2v) is 6.71. The molecule has 1 aliphatic heterocycles. The Balaban J connectivity index is 1.54. The summed E-state index contributed by atoms with van der Waals surface area (Å²) >= 11 is 3.31. The average molecular weight is 361 g/mol. The highest BCUT2D eigenvalue weighted by Gasteiger charge is 2.25. The lowest BCUT2D eigenvalue weighted by Crippen LogP contribution is -2.44. The van der Waals surface area contributed by atoms with E-state index in [2.05, 4.69) is 73.4 Å². The molecule has 0 bridgehead atoms. The predicted octanol–water partition coefficient (Wildman–Crippen LogP) is 3.70. The van der Waals surface area contributed by atoms with Gasteiger partial charge in [0.25, 0.3) is 0 Å². The molecule has 1 aromatic heterocycles. The van der Waals surface area contributed by atoms with Crippen LogP contribution in [0.4, 0.5) is 5.82 Å². The minimum Gasteiger partial charge on any atom is -0.366 e. The monoisotopic (exact) mass is 360 g/mol. The summed E-state index contributed by atoms with van der Waals surface area (Å²) in [6.45, 7) is 4.45. The first-order valence-corrected chi connectivity index (χ1v) is 8.52. The highest BCUT2D eigenvalue weighted by Crippen LogP contribution is 2.22. The van der Waals surface area contributed by atoms with E-state index in [4.69, 9.17) is 0 Å². The number of nitrogens with zero attached hydrogens (tertiary/aromatic N) is 3. The largest absolute Gasteiger partial charge is 0.366 e. The second-order valence-electron chi connectivity index (χ2n) is 5.90. The van der Waals surface area contributed by atoms with Crippen molar-refractivity contribution in [2.24, 2.45) is 0 Å². The van der Waals surface area contributed by atoms with Crippen LogP contribution in [0.5, 0.6) is 0 Å². The molecule has 116 valence electrons. The Hall–Kier alpha value is -1.46. The van der Waals surface area contributed by atoms with Gasteiger partial charge < -0.3 is 5.32 Å². The molecule has 2 heterocycles. The van der Waals surface area contributed by atoms with Gasteiger partial charge >= 0.3 is 0 Å². The summed E-state index contributed by atoms with van der Waals surface area (Å²) in [6.07, 6.45) is 5.78. The molecule has 0 aliphatic carbocycles. The smallest absolute Gasteiger partial charge is 0.144 e. The van der Waals surface area contributed by atoms with Crippen molar-refractivity contribution in [3.63, 3.8) is 0 Å². The molecule has 4 nitrogen and oxygen atoms in total. The van der Waals surface area contributed by atoms with Gasteiger partial charge in [0.05, 0.1) is 12.4 Å². The van der Waals surface area contributed by atoms with Crippen molar-refractivity contribution in [2.45, 2.75) is 38.4 Å². The summed E-state index contributed by atoms with van der Waals surface area (Å²) < 4.78 is 0.768.